The highest BCUT2D eigenvalue weighted by Gasteiger charge is 2.15. The van der Waals surface area contributed by atoms with Gasteiger partial charge in [0.25, 0.3) is 9.05 Å². The molecule has 0 radical (unpaired) electrons. The Morgan fingerprint density at radius 3 is 2.10 bits per heavy atom. The molecular formula is C12H18ClNO5S2. The Balaban J connectivity index is 2.63. The molecule has 1 rings (SSSR count). The van der Waals surface area contributed by atoms with E-state index in [0.29, 0.717) is 12.5 Å². The van der Waals surface area contributed by atoms with E-state index in [-0.39, 0.29) is 22.9 Å². The summed E-state index contributed by atoms with van der Waals surface area (Å²) in [6.45, 7) is 4.97. The van der Waals surface area contributed by atoms with Gasteiger partial charge in [0.05, 0.1) is 16.4 Å². The first kappa shape index (κ1) is 18.4. The highest BCUT2D eigenvalue weighted by atomic mass is 35.7. The molecule has 0 fully saturated rings. The van der Waals surface area contributed by atoms with E-state index in [4.69, 9.17) is 15.4 Å². The Hall–Kier alpha value is -0.670. The maximum Gasteiger partial charge on any atom is 0.261 e. The number of ether oxygens (including phenoxy) is 1. The fourth-order valence-electron chi connectivity index (χ4n) is 1.43. The highest BCUT2D eigenvalue weighted by molar-refractivity contribution is 8.13. The molecule has 0 aliphatic rings. The molecule has 0 atom stereocenters. The molecule has 0 heterocycles. The van der Waals surface area contributed by atoms with Crippen LogP contribution >= 0.6 is 10.7 Å². The van der Waals surface area contributed by atoms with Crippen LogP contribution in [0.15, 0.2) is 34.1 Å². The topological polar surface area (TPSA) is 89.5 Å². The van der Waals surface area contributed by atoms with Gasteiger partial charge in [0.1, 0.15) is 0 Å². The Bertz CT molecular complexity index is 653. The number of rotatable bonds is 8. The first-order chi connectivity index (χ1) is 9.63. The fraction of sp³-hybridized carbons (Fsp3) is 0.500. The monoisotopic (exact) mass is 355 g/mol. The van der Waals surface area contributed by atoms with Crippen LogP contribution in [-0.2, 0) is 23.8 Å². The molecule has 1 N–H and O–H groups in total. The Morgan fingerprint density at radius 2 is 1.62 bits per heavy atom. The molecule has 0 saturated carbocycles. The number of sulfonamides is 1. The minimum Gasteiger partial charge on any atom is -0.380 e. The van der Waals surface area contributed by atoms with Crippen LogP contribution in [0, 0.1) is 5.92 Å². The van der Waals surface area contributed by atoms with E-state index >= 15 is 0 Å². The summed E-state index contributed by atoms with van der Waals surface area (Å²) >= 11 is 0. The lowest BCUT2D eigenvalue weighted by Gasteiger charge is -2.09. The first-order valence-electron chi connectivity index (χ1n) is 6.25. The van der Waals surface area contributed by atoms with Crippen LogP contribution in [0.5, 0.6) is 0 Å². The van der Waals surface area contributed by atoms with Crippen LogP contribution in [-0.4, -0.2) is 36.6 Å². The van der Waals surface area contributed by atoms with Gasteiger partial charge >= 0.3 is 0 Å². The van der Waals surface area contributed by atoms with E-state index in [1.807, 2.05) is 13.8 Å². The van der Waals surface area contributed by atoms with E-state index in [2.05, 4.69) is 4.72 Å². The van der Waals surface area contributed by atoms with Gasteiger partial charge in [-0.05, 0) is 30.2 Å². The van der Waals surface area contributed by atoms with Crippen LogP contribution in [0.25, 0.3) is 0 Å². The van der Waals surface area contributed by atoms with Crippen LogP contribution in [0.1, 0.15) is 13.8 Å². The molecule has 0 aliphatic heterocycles. The number of hydrogen-bond donors (Lipinski definition) is 1. The second kappa shape index (κ2) is 7.55. The standard InChI is InChI=1S/C12H18ClNO5S2/c1-10(2)9-19-8-7-14-21(17,18)12-5-3-11(4-6-12)20(13,15)16/h3-6,10,14H,7-9H2,1-2H3. The lowest BCUT2D eigenvalue weighted by Crippen LogP contribution is -2.27. The number of benzene rings is 1. The maximum absolute atomic E-state index is 11.9. The predicted octanol–water partition coefficient (Wildman–Crippen LogP) is 1.57. The van der Waals surface area contributed by atoms with Crippen molar-refractivity contribution >= 4 is 29.8 Å². The van der Waals surface area contributed by atoms with Crippen molar-refractivity contribution in [3.63, 3.8) is 0 Å². The van der Waals surface area contributed by atoms with Gasteiger partial charge < -0.3 is 4.74 Å². The Labute approximate surface area is 129 Å². The van der Waals surface area contributed by atoms with Gasteiger partial charge in [0.15, 0.2) is 0 Å². The summed E-state index contributed by atoms with van der Waals surface area (Å²) in [6, 6.07) is 4.66. The molecule has 0 aromatic heterocycles. The van der Waals surface area contributed by atoms with Gasteiger partial charge in [0.2, 0.25) is 10.0 Å². The van der Waals surface area contributed by atoms with Crippen molar-refractivity contribution < 1.29 is 21.6 Å². The van der Waals surface area contributed by atoms with Crippen LogP contribution < -0.4 is 4.72 Å². The summed E-state index contributed by atoms with van der Waals surface area (Å²) in [5, 5.41) is 0. The third kappa shape index (κ3) is 6.31. The maximum atomic E-state index is 11.9. The van der Waals surface area contributed by atoms with Gasteiger partial charge in [-0.15, -0.1) is 0 Å². The highest BCUT2D eigenvalue weighted by Crippen LogP contribution is 2.17. The van der Waals surface area contributed by atoms with E-state index < -0.39 is 19.1 Å². The van der Waals surface area contributed by atoms with Gasteiger partial charge in [-0.25, -0.2) is 21.6 Å². The summed E-state index contributed by atoms with van der Waals surface area (Å²) in [7, 11) is -2.39. The summed E-state index contributed by atoms with van der Waals surface area (Å²) in [6.07, 6.45) is 0. The SMILES string of the molecule is CC(C)COCCNS(=O)(=O)c1ccc(S(=O)(=O)Cl)cc1. The molecule has 0 unspecified atom stereocenters. The molecule has 9 heteroatoms. The molecule has 0 bridgehead atoms. The van der Waals surface area contributed by atoms with Crippen molar-refractivity contribution in [1.82, 2.24) is 4.72 Å². The lowest BCUT2D eigenvalue weighted by atomic mass is 10.2. The number of hydrogen-bond acceptors (Lipinski definition) is 5. The van der Waals surface area contributed by atoms with Crippen molar-refractivity contribution in [2.75, 3.05) is 19.8 Å². The number of nitrogens with one attached hydrogen (secondary N) is 1. The van der Waals surface area contributed by atoms with Crippen LogP contribution in [0.3, 0.4) is 0 Å². The summed E-state index contributed by atoms with van der Waals surface area (Å²) in [5.74, 6) is 0.381. The van der Waals surface area contributed by atoms with Crippen LogP contribution in [0.2, 0.25) is 0 Å². The summed E-state index contributed by atoms with van der Waals surface area (Å²) < 4.78 is 53.7. The summed E-state index contributed by atoms with van der Waals surface area (Å²) in [5.41, 5.74) is 0. The quantitative estimate of drug-likeness (QED) is 0.564. The Kier molecular flexibility index (Phi) is 6.61. The zero-order chi connectivity index (χ0) is 16.1. The van der Waals surface area contributed by atoms with Gasteiger partial charge in [-0.3, -0.25) is 0 Å². The smallest absolute Gasteiger partial charge is 0.261 e. The van der Waals surface area contributed by atoms with E-state index in [9.17, 15) is 16.8 Å². The van der Waals surface area contributed by atoms with Crippen molar-refractivity contribution in [3.8, 4) is 0 Å². The molecule has 0 spiro atoms. The zero-order valence-corrected chi connectivity index (χ0v) is 14.1. The predicted molar refractivity (Wildman–Crippen MR) is 80.3 cm³/mol. The molecule has 6 nitrogen and oxygen atoms in total. The van der Waals surface area contributed by atoms with Crippen molar-refractivity contribution in [3.05, 3.63) is 24.3 Å². The minimum atomic E-state index is -3.86. The largest absolute Gasteiger partial charge is 0.380 e. The Morgan fingerprint density at radius 1 is 1.10 bits per heavy atom. The molecule has 0 aliphatic carbocycles. The first-order valence-corrected chi connectivity index (χ1v) is 10.0. The molecule has 120 valence electrons. The van der Waals surface area contributed by atoms with Crippen molar-refractivity contribution in [2.45, 2.75) is 23.6 Å². The zero-order valence-electron chi connectivity index (χ0n) is 11.7. The minimum absolute atomic E-state index is 0.0320. The molecule has 0 saturated heterocycles. The molecule has 1 aromatic rings. The second-order valence-corrected chi connectivity index (χ2v) is 9.11. The molecule has 21 heavy (non-hydrogen) atoms. The van der Waals surface area contributed by atoms with E-state index in [1.54, 1.807) is 0 Å². The van der Waals surface area contributed by atoms with Crippen molar-refractivity contribution in [2.24, 2.45) is 5.92 Å². The van der Waals surface area contributed by atoms with Crippen LogP contribution in [0.4, 0.5) is 0 Å². The molecule has 0 amide bonds. The van der Waals surface area contributed by atoms with E-state index in [0.717, 1.165) is 12.1 Å². The lowest BCUT2D eigenvalue weighted by molar-refractivity contribution is 0.114. The number of halogens is 1. The fourth-order valence-corrected chi connectivity index (χ4v) is 3.21. The average Bonchev–Trinajstić information content (AvgIpc) is 2.37. The average molecular weight is 356 g/mol. The van der Waals surface area contributed by atoms with Crippen molar-refractivity contribution in [1.29, 1.82) is 0 Å². The second-order valence-electron chi connectivity index (χ2n) is 4.78. The molecular weight excluding hydrogens is 338 g/mol. The third-order valence-corrected chi connectivity index (χ3v) is 5.25. The third-order valence-electron chi connectivity index (χ3n) is 2.41. The van der Waals surface area contributed by atoms with Gasteiger partial charge in [-0.2, -0.15) is 0 Å². The summed E-state index contributed by atoms with van der Waals surface area (Å²) in [4.78, 5) is -0.182. The normalized spacial score (nSPS) is 12.8. The van der Waals surface area contributed by atoms with E-state index in [1.165, 1.54) is 12.1 Å². The molecule has 1 aromatic carbocycles. The van der Waals surface area contributed by atoms with Gasteiger partial charge in [0, 0.05) is 23.8 Å². The van der Waals surface area contributed by atoms with Gasteiger partial charge in [-0.1, -0.05) is 13.8 Å².